The van der Waals surface area contributed by atoms with Crippen LogP contribution in [0.4, 0.5) is 0 Å². The molecule has 1 aromatic carbocycles. The molecule has 1 unspecified atom stereocenters. The smallest absolute Gasteiger partial charge is 0.310 e. The van der Waals surface area contributed by atoms with Gasteiger partial charge in [0.15, 0.2) is 0 Å². The number of rotatable bonds is 5. The fourth-order valence-electron chi connectivity index (χ4n) is 1.60. The van der Waals surface area contributed by atoms with E-state index in [1.807, 2.05) is 12.1 Å². The van der Waals surface area contributed by atoms with E-state index >= 15 is 0 Å². The van der Waals surface area contributed by atoms with Gasteiger partial charge < -0.3 is 4.18 Å². The maximum atomic E-state index is 12.1. The van der Waals surface area contributed by atoms with Gasteiger partial charge in [-0.15, -0.1) is 0 Å². The third kappa shape index (κ3) is 5.74. The molecule has 0 aliphatic heterocycles. The molecule has 1 rings (SSSR count). The Morgan fingerprint density at radius 2 is 1.80 bits per heavy atom. The molecule has 0 bridgehead atoms. The van der Waals surface area contributed by atoms with E-state index in [-0.39, 0.29) is 11.2 Å². The van der Waals surface area contributed by atoms with Gasteiger partial charge >= 0.3 is 10.1 Å². The van der Waals surface area contributed by atoms with Crippen LogP contribution in [0.2, 0.25) is 0 Å². The van der Waals surface area contributed by atoms with Crippen molar-refractivity contribution in [1.82, 2.24) is 0 Å². The summed E-state index contributed by atoms with van der Waals surface area (Å²) in [6, 6.07) is 7.21. The number of halogens is 2. The first-order chi connectivity index (χ1) is 8.95. The Hall–Kier alpha value is -0.0700. The lowest BCUT2D eigenvalue weighted by Gasteiger charge is -2.21. The van der Waals surface area contributed by atoms with E-state index in [2.05, 4.69) is 52.6 Å². The summed E-state index contributed by atoms with van der Waals surface area (Å²) in [6.45, 7) is 8.01. The number of hydrogen-bond donors (Lipinski definition) is 0. The lowest BCUT2D eigenvalue weighted by Crippen LogP contribution is -2.31. The van der Waals surface area contributed by atoms with Crippen molar-refractivity contribution >= 4 is 42.0 Å². The highest BCUT2D eigenvalue weighted by atomic mass is 79.9. The molecule has 6 heteroatoms. The molecule has 3 nitrogen and oxygen atoms in total. The SMILES string of the molecule is CC(Br)(CBr)CS(=O)(=O)Oc1cccc(C(C)(C)C)c1. The maximum absolute atomic E-state index is 12.1. The van der Waals surface area contributed by atoms with Crippen molar-refractivity contribution in [3.8, 4) is 5.75 Å². The lowest BCUT2D eigenvalue weighted by atomic mass is 9.87. The highest BCUT2D eigenvalue weighted by Crippen LogP contribution is 2.28. The molecule has 0 radical (unpaired) electrons. The standard InChI is InChI=1S/C14H20Br2O3S/c1-13(2,3)11-6-5-7-12(8-11)19-20(17,18)10-14(4,16)9-15/h5-8H,9-10H2,1-4H3. The van der Waals surface area contributed by atoms with Crippen LogP contribution < -0.4 is 4.18 Å². The van der Waals surface area contributed by atoms with Crippen molar-refractivity contribution in [2.45, 2.75) is 37.4 Å². The van der Waals surface area contributed by atoms with Crippen LogP contribution in [0.5, 0.6) is 5.75 Å². The Balaban J connectivity index is 2.94. The minimum absolute atomic E-state index is 0.0527. The quantitative estimate of drug-likeness (QED) is 0.521. The molecule has 0 aliphatic rings. The molecule has 1 aromatic rings. The van der Waals surface area contributed by atoms with Gasteiger partial charge in [-0.25, -0.2) is 0 Å². The molecule has 0 saturated carbocycles. The first kappa shape index (κ1) is 18.0. The van der Waals surface area contributed by atoms with E-state index in [1.54, 1.807) is 19.1 Å². The third-order valence-electron chi connectivity index (χ3n) is 2.68. The second-order valence-corrected chi connectivity index (χ2v) is 10.2. The van der Waals surface area contributed by atoms with Crippen molar-refractivity contribution in [2.75, 3.05) is 11.1 Å². The predicted octanol–water partition coefficient (Wildman–Crippen LogP) is 4.24. The molecule has 0 fully saturated rings. The molecule has 0 saturated heterocycles. The molecule has 20 heavy (non-hydrogen) atoms. The Bertz CT molecular complexity index is 560. The highest BCUT2D eigenvalue weighted by molar-refractivity contribution is 9.12. The maximum Gasteiger partial charge on any atom is 0.310 e. The van der Waals surface area contributed by atoms with Crippen LogP contribution in [0.25, 0.3) is 0 Å². The van der Waals surface area contributed by atoms with Crippen LogP contribution in [-0.4, -0.2) is 23.8 Å². The van der Waals surface area contributed by atoms with Gasteiger partial charge in [0.05, 0.1) is 0 Å². The monoisotopic (exact) mass is 426 g/mol. The van der Waals surface area contributed by atoms with Crippen molar-refractivity contribution in [1.29, 1.82) is 0 Å². The zero-order chi connectivity index (χ0) is 15.6. The summed E-state index contributed by atoms with van der Waals surface area (Å²) in [7, 11) is -3.64. The Morgan fingerprint density at radius 3 is 2.30 bits per heavy atom. The van der Waals surface area contributed by atoms with Gasteiger partial charge in [-0.05, 0) is 30.0 Å². The van der Waals surface area contributed by atoms with E-state index in [1.165, 1.54) is 0 Å². The van der Waals surface area contributed by atoms with Gasteiger partial charge in [-0.2, -0.15) is 8.42 Å². The van der Waals surface area contributed by atoms with Crippen LogP contribution in [-0.2, 0) is 15.5 Å². The third-order valence-corrected chi connectivity index (χ3v) is 7.04. The molecule has 1 atom stereocenters. The van der Waals surface area contributed by atoms with Crippen LogP contribution in [0.15, 0.2) is 24.3 Å². The van der Waals surface area contributed by atoms with Gasteiger partial charge in [0, 0.05) is 9.65 Å². The Kier molecular flexibility index (Phi) is 5.72. The van der Waals surface area contributed by atoms with E-state index in [0.717, 1.165) is 5.56 Å². The van der Waals surface area contributed by atoms with E-state index < -0.39 is 14.4 Å². The van der Waals surface area contributed by atoms with Gasteiger partial charge in [0.25, 0.3) is 0 Å². The molecule has 0 amide bonds. The first-order valence-corrected chi connectivity index (χ1v) is 9.72. The Morgan fingerprint density at radius 1 is 1.20 bits per heavy atom. The normalized spacial score (nSPS) is 15.7. The highest BCUT2D eigenvalue weighted by Gasteiger charge is 2.28. The minimum atomic E-state index is -3.64. The zero-order valence-corrected chi connectivity index (χ0v) is 16.1. The minimum Gasteiger partial charge on any atom is -0.382 e. The molecular formula is C14H20Br2O3S. The summed E-state index contributed by atoms with van der Waals surface area (Å²) >= 11 is 6.65. The van der Waals surface area contributed by atoms with Crippen LogP contribution in [0.1, 0.15) is 33.3 Å². The van der Waals surface area contributed by atoms with Crippen molar-refractivity contribution in [3.05, 3.63) is 29.8 Å². The molecular weight excluding hydrogens is 408 g/mol. The molecule has 0 aromatic heterocycles. The lowest BCUT2D eigenvalue weighted by molar-refractivity contribution is 0.479. The Labute approximate surface area is 138 Å². The van der Waals surface area contributed by atoms with Crippen molar-refractivity contribution in [2.24, 2.45) is 0 Å². The largest absolute Gasteiger partial charge is 0.382 e. The predicted molar refractivity (Wildman–Crippen MR) is 90.7 cm³/mol. The average Bonchev–Trinajstić information content (AvgIpc) is 2.26. The van der Waals surface area contributed by atoms with Gasteiger partial charge in [-0.3, -0.25) is 0 Å². The average molecular weight is 428 g/mol. The summed E-state index contributed by atoms with van der Waals surface area (Å²) in [5, 5.41) is 0.518. The fraction of sp³-hybridized carbons (Fsp3) is 0.571. The number of hydrogen-bond acceptors (Lipinski definition) is 3. The van der Waals surface area contributed by atoms with Gasteiger partial charge in [-0.1, -0.05) is 64.8 Å². The topological polar surface area (TPSA) is 43.4 Å². The zero-order valence-electron chi connectivity index (χ0n) is 12.1. The summed E-state index contributed by atoms with van der Waals surface area (Å²) < 4.78 is 28.8. The number of benzene rings is 1. The van der Waals surface area contributed by atoms with Crippen molar-refractivity contribution < 1.29 is 12.6 Å². The fourth-order valence-corrected chi connectivity index (χ4v) is 4.19. The van der Waals surface area contributed by atoms with Crippen LogP contribution >= 0.6 is 31.9 Å². The second-order valence-electron chi connectivity index (χ2n) is 6.11. The van der Waals surface area contributed by atoms with E-state index in [9.17, 15) is 8.42 Å². The van der Waals surface area contributed by atoms with Crippen LogP contribution in [0, 0.1) is 0 Å². The molecule has 0 N–H and O–H groups in total. The summed E-state index contributed by atoms with van der Waals surface area (Å²) in [5.41, 5.74) is 0.982. The summed E-state index contributed by atoms with van der Waals surface area (Å²) in [5.74, 6) is 0.251. The van der Waals surface area contributed by atoms with Crippen molar-refractivity contribution in [3.63, 3.8) is 0 Å². The summed E-state index contributed by atoms with van der Waals surface area (Å²) in [6.07, 6.45) is 0. The molecule has 0 heterocycles. The molecule has 114 valence electrons. The molecule has 0 spiro atoms. The molecule has 0 aliphatic carbocycles. The summed E-state index contributed by atoms with van der Waals surface area (Å²) in [4.78, 5) is 0. The van der Waals surface area contributed by atoms with E-state index in [0.29, 0.717) is 11.1 Å². The van der Waals surface area contributed by atoms with E-state index in [4.69, 9.17) is 4.18 Å². The number of alkyl halides is 2. The van der Waals surface area contributed by atoms with Gasteiger partial charge in [0.1, 0.15) is 11.5 Å². The van der Waals surface area contributed by atoms with Gasteiger partial charge in [0.2, 0.25) is 0 Å². The second kappa shape index (κ2) is 6.36. The first-order valence-electron chi connectivity index (χ1n) is 6.23. The van der Waals surface area contributed by atoms with Crippen LogP contribution in [0.3, 0.4) is 0 Å².